The van der Waals surface area contributed by atoms with Gasteiger partial charge in [-0.15, -0.1) is 24.0 Å². The number of likely N-dealkylation sites (tertiary alicyclic amines) is 1. The van der Waals surface area contributed by atoms with Gasteiger partial charge in [0.15, 0.2) is 5.96 Å². The summed E-state index contributed by atoms with van der Waals surface area (Å²) < 4.78 is 14.3. The van der Waals surface area contributed by atoms with Crippen LogP contribution in [-0.2, 0) is 5.41 Å². The van der Waals surface area contributed by atoms with Crippen LogP contribution >= 0.6 is 24.0 Å². The molecular weight excluding hydrogens is 478 g/mol. The molecule has 4 nitrogen and oxygen atoms in total. The third kappa shape index (κ3) is 5.63. The Morgan fingerprint density at radius 3 is 2.45 bits per heavy atom. The van der Waals surface area contributed by atoms with Gasteiger partial charge in [0.1, 0.15) is 5.82 Å². The van der Waals surface area contributed by atoms with Crippen LogP contribution in [0.3, 0.4) is 0 Å². The van der Waals surface area contributed by atoms with Gasteiger partial charge in [-0.3, -0.25) is 4.99 Å². The average Bonchev–Trinajstić information content (AvgIpc) is 3.29. The average molecular weight is 514 g/mol. The van der Waals surface area contributed by atoms with E-state index in [0.717, 1.165) is 37.0 Å². The Morgan fingerprint density at radius 1 is 1.14 bits per heavy atom. The summed E-state index contributed by atoms with van der Waals surface area (Å²) in [5.74, 6) is 0.803. The molecule has 162 valence electrons. The Kier molecular flexibility index (Phi) is 8.19. The van der Waals surface area contributed by atoms with Crippen molar-refractivity contribution >= 4 is 29.9 Å². The lowest BCUT2D eigenvalue weighted by Gasteiger charge is -2.36. The molecule has 0 radical (unpaired) electrons. The van der Waals surface area contributed by atoms with Crippen LogP contribution in [0.1, 0.15) is 63.9 Å². The number of hydrogen-bond donors (Lipinski definition) is 2. The molecule has 1 aromatic carbocycles. The minimum atomic E-state index is -0.0977. The van der Waals surface area contributed by atoms with Crippen LogP contribution in [0.25, 0.3) is 0 Å². The second-order valence-corrected chi connectivity index (χ2v) is 8.85. The zero-order valence-electron chi connectivity index (χ0n) is 17.6. The standard InChI is InChI=1S/C23H35FN4.HI/c1-2-25-22(26-17-23(13-14-23)20-9-5-6-10-21(20)24)27-18-11-15-28(16-12-18)19-7-3-4-8-19;/h5-6,9-10,18-19H,2-4,7-8,11-17H2,1H3,(H2,25,26,27);1H. The van der Waals surface area contributed by atoms with Crippen molar-refractivity contribution in [2.45, 2.75) is 75.8 Å². The van der Waals surface area contributed by atoms with E-state index in [0.29, 0.717) is 12.6 Å². The molecule has 1 heterocycles. The van der Waals surface area contributed by atoms with E-state index in [1.165, 1.54) is 51.6 Å². The molecule has 0 amide bonds. The second kappa shape index (κ2) is 10.4. The van der Waals surface area contributed by atoms with Crippen molar-refractivity contribution in [3.8, 4) is 0 Å². The van der Waals surface area contributed by atoms with E-state index >= 15 is 0 Å². The van der Waals surface area contributed by atoms with Gasteiger partial charge in [-0.2, -0.15) is 0 Å². The molecule has 1 saturated heterocycles. The summed E-state index contributed by atoms with van der Waals surface area (Å²) in [4.78, 5) is 7.57. The lowest BCUT2D eigenvalue weighted by molar-refractivity contribution is 0.150. The smallest absolute Gasteiger partial charge is 0.191 e. The van der Waals surface area contributed by atoms with Crippen molar-refractivity contribution in [1.82, 2.24) is 15.5 Å². The van der Waals surface area contributed by atoms with Gasteiger partial charge in [0.2, 0.25) is 0 Å². The maximum atomic E-state index is 14.3. The topological polar surface area (TPSA) is 39.7 Å². The quantitative estimate of drug-likeness (QED) is 0.335. The van der Waals surface area contributed by atoms with Crippen molar-refractivity contribution in [3.63, 3.8) is 0 Å². The Bertz CT molecular complexity index is 677. The number of nitrogens with one attached hydrogen (secondary N) is 2. The third-order valence-electron chi connectivity index (χ3n) is 6.89. The van der Waals surface area contributed by atoms with Gasteiger partial charge in [0.05, 0.1) is 6.54 Å². The number of nitrogens with zero attached hydrogens (tertiary/aromatic N) is 2. The highest BCUT2D eigenvalue weighted by atomic mass is 127. The molecule has 1 aromatic rings. The molecule has 0 bridgehead atoms. The first-order chi connectivity index (χ1) is 13.7. The van der Waals surface area contributed by atoms with Crippen LogP contribution < -0.4 is 10.6 Å². The minimum absolute atomic E-state index is 0. The maximum Gasteiger partial charge on any atom is 0.191 e. The number of benzene rings is 1. The van der Waals surface area contributed by atoms with E-state index in [-0.39, 0.29) is 35.2 Å². The van der Waals surface area contributed by atoms with Crippen molar-refractivity contribution in [2.75, 3.05) is 26.2 Å². The van der Waals surface area contributed by atoms with Gasteiger partial charge in [0, 0.05) is 37.1 Å². The lowest BCUT2D eigenvalue weighted by atomic mass is 9.95. The van der Waals surface area contributed by atoms with Gasteiger partial charge in [-0.05, 0) is 57.1 Å². The SMILES string of the molecule is CCNC(=NCC1(c2ccccc2F)CC1)NC1CCN(C2CCCC2)CC1.I. The van der Waals surface area contributed by atoms with Gasteiger partial charge >= 0.3 is 0 Å². The van der Waals surface area contributed by atoms with Crippen LogP contribution in [0.2, 0.25) is 0 Å². The van der Waals surface area contributed by atoms with E-state index in [4.69, 9.17) is 4.99 Å². The van der Waals surface area contributed by atoms with Crippen molar-refractivity contribution in [1.29, 1.82) is 0 Å². The fourth-order valence-electron chi connectivity index (χ4n) is 4.98. The summed E-state index contributed by atoms with van der Waals surface area (Å²) >= 11 is 0. The van der Waals surface area contributed by atoms with Gasteiger partial charge in [-0.25, -0.2) is 4.39 Å². The number of guanidine groups is 1. The van der Waals surface area contributed by atoms with Crippen LogP contribution in [0.4, 0.5) is 4.39 Å². The first-order valence-corrected chi connectivity index (χ1v) is 11.2. The number of rotatable bonds is 6. The van der Waals surface area contributed by atoms with E-state index in [1.54, 1.807) is 12.1 Å². The fourth-order valence-corrected chi connectivity index (χ4v) is 4.98. The Labute approximate surface area is 192 Å². The Balaban J connectivity index is 0.00000240. The molecule has 3 aliphatic rings. The molecule has 0 unspecified atom stereocenters. The third-order valence-corrected chi connectivity index (χ3v) is 6.89. The number of piperidine rings is 1. The molecule has 0 spiro atoms. The van der Waals surface area contributed by atoms with Crippen LogP contribution in [0.15, 0.2) is 29.3 Å². The van der Waals surface area contributed by atoms with Crippen LogP contribution in [-0.4, -0.2) is 49.1 Å². The van der Waals surface area contributed by atoms with E-state index in [2.05, 4.69) is 22.5 Å². The van der Waals surface area contributed by atoms with Crippen LogP contribution in [0.5, 0.6) is 0 Å². The highest BCUT2D eigenvalue weighted by Crippen LogP contribution is 2.49. The number of aliphatic imine (C=N–C) groups is 1. The molecule has 2 aliphatic carbocycles. The molecule has 4 rings (SSSR count). The minimum Gasteiger partial charge on any atom is -0.357 e. The molecule has 1 aliphatic heterocycles. The van der Waals surface area contributed by atoms with Gasteiger partial charge in [0.25, 0.3) is 0 Å². The van der Waals surface area contributed by atoms with Gasteiger partial charge in [-0.1, -0.05) is 31.0 Å². The monoisotopic (exact) mass is 514 g/mol. The normalized spacial score (nSPS) is 22.9. The number of hydrogen-bond acceptors (Lipinski definition) is 2. The maximum absolute atomic E-state index is 14.3. The summed E-state index contributed by atoms with van der Waals surface area (Å²) in [6, 6.07) is 8.51. The molecule has 2 saturated carbocycles. The van der Waals surface area contributed by atoms with Gasteiger partial charge < -0.3 is 15.5 Å². The van der Waals surface area contributed by atoms with Crippen molar-refractivity contribution in [2.24, 2.45) is 4.99 Å². The largest absolute Gasteiger partial charge is 0.357 e. The molecule has 29 heavy (non-hydrogen) atoms. The summed E-state index contributed by atoms with van der Waals surface area (Å²) in [5.41, 5.74) is 0.735. The van der Waals surface area contributed by atoms with Crippen molar-refractivity contribution in [3.05, 3.63) is 35.6 Å². The summed E-state index contributed by atoms with van der Waals surface area (Å²) in [6.07, 6.45) is 10.0. The molecule has 0 atom stereocenters. The van der Waals surface area contributed by atoms with E-state index in [1.807, 2.05) is 12.1 Å². The summed E-state index contributed by atoms with van der Waals surface area (Å²) in [5, 5.41) is 7.05. The predicted molar refractivity (Wildman–Crippen MR) is 129 cm³/mol. The van der Waals surface area contributed by atoms with E-state index < -0.39 is 0 Å². The molecule has 3 fully saturated rings. The first-order valence-electron chi connectivity index (χ1n) is 11.2. The highest BCUT2D eigenvalue weighted by molar-refractivity contribution is 14.0. The highest BCUT2D eigenvalue weighted by Gasteiger charge is 2.45. The summed E-state index contributed by atoms with van der Waals surface area (Å²) in [7, 11) is 0. The molecular formula is C23H36FIN4. The lowest BCUT2D eigenvalue weighted by Crippen LogP contribution is -2.50. The Morgan fingerprint density at radius 2 is 1.83 bits per heavy atom. The predicted octanol–water partition coefficient (Wildman–Crippen LogP) is 4.44. The summed E-state index contributed by atoms with van der Waals surface area (Å²) in [6.45, 7) is 6.00. The molecule has 2 N–H and O–H groups in total. The molecule has 0 aromatic heterocycles. The van der Waals surface area contributed by atoms with Crippen molar-refractivity contribution < 1.29 is 4.39 Å². The molecule has 6 heteroatoms. The van der Waals surface area contributed by atoms with Crippen LogP contribution in [0, 0.1) is 5.82 Å². The Hall–Kier alpha value is -0.890. The number of halogens is 2. The fraction of sp³-hybridized carbons (Fsp3) is 0.696. The zero-order valence-corrected chi connectivity index (χ0v) is 20.0. The second-order valence-electron chi connectivity index (χ2n) is 8.85. The van der Waals surface area contributed by atoms with E-state index in [9.17, 15) is 4.39 Å². The first kappa shape index (κ1) is 22.8. The zero-order chi connectivity index (χ0) is 19.4.